The van der Waals surface area contributed by atoms with Gasteiger partial charge >= 0.3 is 5.97 Å². The number of pyridine rings is 2. The molecule has 0 amide bonds. The number of carboxylic acid groups (broad SMARTS) is 1. The van der Waals surface area contributed by atoms with E-state index in [4.69, 9.17) is 4.98 Å². The molecular weight excluding hydrogens is 394 g/mol. The first-order valence-electron chi connectivity index (χ1n) is 10.6. The second-order valence-corrected chi connectivity index (χ2v) is 7.95. The van der Waals surface area contributed by atoms with Crippen LogP contribution in [0.25, 0.3) is 0 Å². The van der Waals surface area contributed by atoms with Gasteiger partial charge < -0.3 is 20.1 Å². The number of carbonyl (C=O) groups is 1. The molecule has 162 valence electrons. The first-order valence-corrected chi connectivity index (χ1v) is 10.6. The lowest BCUT2D eigenvalue weighted by molar-refractivity contribution is -0.137. The predicted molar refractivity (Wildman–Crippen MR) is 116 cm³/mol. The van der Waals surface area contributed by atoms with Crippen LogP contribution in [0.3, 0.4) is 0 Å². The molecule has 0 spiro atoms. The van der Waals surface area contributed by atoms with Crippen molar-refractivity contribution in [3.63, 3.8) is 0 Å². The number of rotatable bonds is 9. The van der Waals surface area contributed by atoms with Crippen molar-refractivity contribution in [1.82, 2.24) is 19.5 Å². The van der Waals surface area contributed by atoms with Gasteiger partial charge in [-0.3, -0.25) is 9.78 Å². The Kier molecular flexibility index (Phi) is 6.57. The molecule has 1 aliphatic rings. The van der Waals surface area contributed by atoms with Crippen LogP contribution in [-0.4, -0.2) is 42.2 Å². The molecule has 0 aliphatic carbocycles. The molecule has 0 bridgehead atoms. The first kappa shape index (κ1) is 21.0. The average molecular weight is 422 g/mol. The molecule has 2 atom stereocenters. The summed E-state index contributed by atoms with van der Waals surface area (Å²) in [7, 11) is 0. The highest BCUT2D eigenvalue weighted by molar-refractivity contribution is 5.68. The molecule has 4 rings (SSSR count). The molecule has 1 aliphatic heterocycles. The van der Waals surface area contributed by atoms with Crippen molar-refractivity contribution < 1.29 is 15.0 Å². The van der Waals surface area contributed by atoms with Crippen LogP contribution in [0, 0.1) is 0 Å². The molecule has 0 saturated carbocycles. The van der Waals surface area contributed by atoms with Gasteiger partial charge in [0.2, 0.25) is 0 Å². The van der Waals surface area contributed by atoms with Crippen molar-refractivity contribution in [3.05, 3.63) is 71.7 Å². The third kappa shape index (κ3) is 5.27. The molecule has 8 nitrogen and oxygen atoms in total. The summed E-state index contributed by atoms with van der Waals surface area (Å²) in [4.78, 5) is 24.4. The molecule has 3 aromatic rings. The van der Waals surface area contributed by atoms with E-state index in [-0.39, 0.29) is 12.3 Å². The molecule has 3 N–H and O–H groups in total. The SMILES string of the molecule is O=C(O)CC(Cn1cncc1C(O)CCc1ccc2c(n1)NCCC2)c1cccnc1. The zero-order chi connectivity index (χ0) is 21.6. The van der Waals surface area contributed by atoms with Gasteiger partial charge in [-0.25, -0.2) is 9.97 Å². The lowest BCUT2D eigenvalue weighted by Crippen LogP contribution is -2.17. The molecule has 4 heterocycles. The number of imidazole rings is 1. The minimum Gasteiger partial charge on any atom is -0.481 e. The van der Waals surface area contributed by atoms with Crippen LogP contribution in [0.1, 0.15) is 53.8 Å². The van der Waals surface area contributed by atoms with E-state index in [1.165, 1.54) is 5.56 Å². The van der Waals surface area contributed by atoms with Crippen molar-refractivity contribution in [2.75, 3.05) is 11.9 Å². The third-order valence-corrected chi connectivity index (χ3v) is 5.71. The maximum absolute atomic E-state index is 11.4. The van der Waals surface area contributed by atoms with Gasteiger partial charge in [0.05, 0.1) is 30.7 Å². The molecule has 0 radical (unpaired) electrons. The smallest absolute Gasteiger partial charge is 0.304 e. The highest BCUT2D eigenvalue weighted by atomic mass is 16.4. The van der Waals surface area contributed by atoms with E-state index in [1.807, 2.05) is 16.7 Å². The van der Waals surface area contributed by atoms with Crippen LogP contribution in [0.5, 0.6) is 0 Å². The Balaban J connectivity index is 1.43. The second kappa shape index (κ2) is 9.70. The molecular formula is C23H27N5O3. The van der Waals surface area contributed by atoms with Gasteiger partial charge in [-0.1, -0.05) is 12.1 Å². The largest absolute Gasteiger partial charge is 0.481 e. The lowest BCUT2D eigenvalue weighted by atomic mass is 9.97. The minimum atomic E-state index is -0.872. The number of aliphatic hydroxyl groups excluding tert-OH is 1. The van der Waals surface area contributed by atoms with Crippen LogP contribution in [0.2, 0.25) is 0 Å². The molecule has 0 fully saturated rings. The number of aliphatic hydroxyl groups is 1. The summed E-state index contributed by atoms with van der Waals surface area (Å²) >= 11 is 0. The number of nitrogens with zero attached hydrogens (tertiary/aromatic N) is 4. The zero-order valence-corrected chi connectivity index (χ0v) is 17.3. The van der Waals surface area contributed by atoms with Gasteiger partial charge in [0.15, 0.2) is 0 Å². The Morgan fingerprint density at radius 3 is 2.94 bits per heavy atom. The fraction of sp³-hybridized carbons (Fsp3) is 0.391. The van der Waals surface area contributed by atoms with Gasteiger partial charge in [0.1, 0.15) is 5.82 Å². The van der Waals surface area contributed by atoms with E-state index in [9.17, 15) is 15.0 Å². The fourth-order valence-corrected chi connectivity index (χ4v) is 4.06. The second-order valence-electron chi connectivity index (χ2n) is 7.95. The highest BCUT2D eigenvalue weighted by Gasteiger charge is 2.20. The molecule has 0 aromatic carbocycles. The number of nitrogens with one attached hydrogen (secondary N) is 1. The molecule has 0 saturated heterocycles. The third-order valence-electron chi connectivity index (χ3n) is 5.71. The average Bonchev–Trinajstić information content (AvgIpc) is 3.25. The Labute approximate surface area is 181 Å². The number of hydrogen-bond donors (Lipinski definition) is 3. The van der Waals surface area contributed by atoms with Crippen LogP contribution in [0.4, 0.5) is 5.82 Å². The summed E-state index contributed by atoms with van der Waals surface area (Å²) < 4.78 is 1.84. The van der Waals surface area contributed by atoms with E-state index < -0.39 is 12.1 Å². The van der Waals surface area contributed by atoms with Crippen molar-refractivity contribution in [2.24, 2.45) is 0 Å². The van der Waals surface area contributed by atoms with E-state index in [0.717, 1.165) is 36.5 Å². The van der Waals surface area contributed by atoms with Gasteiger partial charge in [-0.2, -0.15) is 0 Å². The van der Waals surface area contributed by atoms with Crippen molar-refractivity contribution in [2.45, 2.75) is 50.7 Å². The Bertz CT molecular complexity index is 1020. The molecule has 2 unspecified atom stereocenters. The number of hydrogen-bond acceptors (Lipinski definition) is 6. The molecule has 3 aromatic heterocycles. The standard InChI is InChI=1S/C23H27N5O3/c29-21(8-7-19-6-5-16-3-2-10-26-23(16)27-19)20-13-25-15-28(20)14-18(11-22(30)31)17-4-1-9-24-12-17/h1,4-6,9,12-13,15,18,21,29H,2-3,7-8,10-11,14H2,(H,26,27)(H,30,31). The van der Waals surface area contributed by atoms with Gasteiger partial charge in [0.25, 0.3) is 0 Å². The van der Waals surface area contributed by atoms with Gasteiger partial charge in [-0.05, 0) is 48.9 Å². The van der Waals surface area contributed by atoms with Crippen molar-refractivity contribution in [1.29, 1.82) is 0 Å². The van der Waals surface area contributed by atoms with Crippen LogP contribution in [-0.2, 0) is 24.2 Å². The number of carboxylic acids is 1. The fourth-order valence-electron chi connectivity index (χ4n) is 4.06. The Morgan fingerprint density at radius 2 is 2.13 bits per heavy atom. The van der Waals surface area contributed by atoms with Gasteiger partial charge in [0, 0.05) is 37.1 Å². The molecule has 8 heteroatoms. The normalized spacial score (nSPS) is 15.0. The summed E-state index contributed by atoms with van der Waals surface area (Å²) in [6.07, 6.45) is 9.23. The first-order chi connectivity index (χ1) is 15.1. The van der Waals surface area contributed by atoms with Crippen molar-refractivity contribution >= 4 is 11.8 Å². The predicted octanol–water partition coefficient (Wildman–Crippen LogP) is 2.96. The number of aliphatic carboxylic acids is 1. The summed E-state index contributed by atoms with van der Waals surface area (Å²) in [6, 6.07) is 7.82. The van der Waals surface area contributed by atoms with E-state index in [0.29, 0.717) is 25.1 Å². The van der Waals surface area contributed by atoms with Crippen LogP contribution in [0.15, 0.2) is 49.2 Å². The summed E-state index contributed by atoms with van der Waals surface area (Å²) in [5, 5.41) is 23.5. The monoisotopic (exact) mass is 421 g/mol. The van der Waals surface area contributed by atoms with Gasteiger partial charge in [-0.15, -0.1) is 0 Å². The van der Waals surface area contributed by atoms with E-state index >= 15 is 0 Å². The Morgan fingerprint density at radius 1 is 1.23 bits per heavy atom. The highest BCUT2D eigenvalue weighted by Crippen LogP contribution is 2.26. The summed E-state index contributed by atoms with van der Waals surface area (Å²) in [5.74, 6) is -0.181. The number of aryl methyl sites for hydroxylation is 2. The number of aromatic nitrogens is 4. The zero-order valence-electron chi connectivity index (χ0n) is 17.3. The van der Waals surface area contributed by atoms with Crippen molar-refractivity contribution in [3.8, 4) is 0 Å². The van der Waals surface area contributed by atoms with E-state index in [1.54, 1.807) is 31.0 Å². The maximum Gasteiger partial charge on any atom is 0.304 e. The summed E-state index contributed by atoms with van der Waals surface area (Å²) in [6.45, 7) is 1.35. The minimum absolute atomic E-state index is 0.0224. The van der Waals surface area contributed by atoms with E-state index in [2.05, 4.69) is 21.4 Å². The number of fused-ring (bicyclic) bond motifs is 1. The maximum atomic E-state index is 11.4. The molecule has 31 heavy (non-hydrogen) atoms. The van der Waals surface area contributed by atoms with Crippen LogP contribution >= 0.6 is 0 Å². The topological polar surface area (TPSA) is 113 Å². The Hall–Kier alpha value is -3.26. The lowest BCUT2D eigenvalue weighted by Gasteiger charge is -2.20. The quantitative estimate of drug-likeness (QED) is 0.487. The number of anilines is 1. The van der Waals surface area contributed by atoms with Crippen LogP contribution < -0.4 is 5.32 Å². The summed E-state index contributed by atoms with van der Waals surface area (Å²) in [5.41, 5.74) is 3.71.